The summed E-state index contributed by atoms with van der Waals surface area (Å²) in [5, 5.41) is 8.24. The molecule has 1 atom stereocenters. The summed E-state index contributed by atoms with van der Waals surface area (Å²) in [4.78, 5) is 10.0. The fourth-order valence-corrected chi connectivity index (χ4v) is 0.461. The zero-order valence-corrected chi connectivity index (χ0v) is 6.43. The topological polar surface area (TPSA) is 89.3 Å². The van der Waals surface area contributed by atoms with Gasteiger partial charge in [0.15, 0.2) is 0 Å². The molecule has 0 rings (SSSR count). The zero-order valence-electron chi connectivity index (χ0n) is 5.62. The molecular formula is C5H13ClN2O2. The first-order valence-electron chi connectivity index (χ1n) is 2.87. The molecule has 0 aromatic heterocycles. The van der Waals surface area contributed by atoms with Gasteiger partial charge in [0.1, 0.15) is 6.04 Å². The molecule has 0 amide bonds. The lowest BCUT2D eigenvalue weighted by Gasteiger charge is -2.02. The summed E-state index contributed by atoms with van der Waals surface area (Å²) in [7, 11) is 0. The molecule has 4 nitrogen and oxygen atoms in total. The minimum atomic E-state index is -0.955. The van der Waals surface area contributed by atoms with Crippen molar-refractivity contribution >= 4 is 18.4 Å². The van der Waals surface area contributed by atoms with Crippen LogP contribution in [0.4, 0.5) is 0 Å². The molecule has 0 bridgehead atoms. The number of carboxylic acid groups (broad SMARTS) is 1. The number of nitrogens with two attached hydrogens (primary N) is 2. The van der Waals surface area contributed by atoms with E-state index in [1.165, 1.54) is 0 Å². The third-order valence-corrected chi connectivity index (χ3v) is 1.04. The Balaban J connectivity index is 0. The minimum absolute atomic E-state index is 0. The van der Waals surface area contributed by atoms with Crippen LogP contribution in [0.3, 0.4) is 0 Å². The van der Waals surface area contributed by atoms with E-state index >= 15 is 0 Å². The summed E-state index contributed by atoms with van der Waals surface area (Å²) in [6, 6.07) is -0.742. The van der Waals surface area contributed by atoms with Crippen molar-refractivity contribution in [1.82, 2.24) is 0 Å². The van der Waals surface area contributed by atoms with E-state index < -0.39 is 12.0 Å². The molecule has 5 heteroatoms. The van der Waals surface area contributed by atoms with Gasteiger partial charge in [-0.25, -0.2) is 0 Å². The van der Waals surface area contributed by atoms with Crippen molar-refractivity contribution in [2.75, 3.05) is 6.54 Å². The van der Waals surface area contributed by atoms with Crippen LogP contribution in [0, 0.1) is 0 Å². The molecule has 10 heavy (non-hydrogen) atoms. The van der Waals surface area contributed by atoms with Gasteiger partial charge in [-0.2, -0.15) is 0 Å². The van der Waals surface area contributed by atoms with Crippen LogP contribution < -0.4 is 11.5 Å². The van der Waals surface area contributed by atoms with E-state index in [-0.39, 0.29) is 12.4 Å². The molecule has 0 aromatic rings. The Bertz CT molecular complexity index is 99.6. The molecule has 0 radical (unpaired) electrons. The maximum Gasteiger partial charge on any atom is 0.320 e. The first kappa shape index (κ1) is 12.4. The van der Waals surface area contributed by atoms with Gasteiger partial charge in [-0.05, 0) is 19.4 Å². The number of carboxylic acids is 1. The Labute approximate surface area is 66.0 Å². The maximum absolute atomic E-state index is 10.0. The highest BCUT2D eigenvalue weighted by molar-refractivity contribution is 5.85. The lowest BCUT2D eigenvalue weighted by Crippen LogP contribution is -2.30. The van der Waals surface area contributed by atoms with Crippen LogP contribution in [0.2, 0.25) is 0 Å². The lowest BCUT2D eigenvalue weighted by atomic mass is 11.1. The van der Waals surface area contributed by atoms with Gasteiger partial charge < -0.3 is 16.6 Å². The molecule has 0 aromatic carbocycles. The molecule has 0 aliphatic heterocycles. The van der Waals surface area contributed by atoms with E-state index in [1.54, 1.807) is 0 Å². The van der Waals surface area contributed by atoms with Gasteiger partial charge in [0.25, 0.3) is 0 Å². The number of rotatable bonds is 4. The molecule has 5 N–H and O–H groups in total. The largest absolute Gasteiger partial charge is 0.480 e. The van der Waals surface area contributed by atoms with Crippen LogP contribution in [-0.2, 0) is 4.79 Å². The number of hydrogen-bond acceptors (Lipinski definition) is 3. The summed E-state index contributed by atoms with van der Waals surface area (Å²) in [5.41, 5.74) is 10.3. The van der Waals surface area contributed by atoms with Gasteiger partial charge in [0, 0.05) is 0 Å². The maximum atomic E-state index is 10.0. The quantitative estimate of drug-likeness (QED) is 0.399. The molecule has 0 unspecified atom stereocenters. The molecule has 0 spiro atoms. The van der Waals surface area contributed by atoms with Crippen LogP contribution in [0.25, 0.3) is 0 Å². The average molecular weight is 176 g/mol. The summed E-state index contributed by atoms with van der Waals surface area (Å²) in [6.07, 6.45) is 1.14. The van der Waals surface area contributed by atoms with Crippen LogP contribution in [0.15, 0.2) is 0 Å². The smallest absolute Gasteiger partial charge is 0.320 e. The van der Waals surface area contributed by atoms with E-state index in [4.69, 9.17) is 16.6 Å². The van der Waals surface area contributed by atoms with Crippen molar-refractivity contribution < 1.29 is 9.90 Å². The average Bonchev–Trinajstić information content (AvgIpc) is 1.82. The zero-order chi connectivity index (χ0) is 7.28. The highest BCUT2D eigenvalue weighted by atomic mass is 35.5. The molecule has 0 aliphatic rings. The predicted octanol–water partition coefficient (Wildman–Crippen LogP) is -0.441. The second-order valence-electron chi connectivity index (χ2n) is 1.88. The molecule has 62 valence electrons. The Morgan fingerprint density at radius 1 is 1.60 bits per heavy atom. The first-order valence-corrected chi connectivity index (χ1v) is 2.87. The normalized spacial score (nSPS) is 11.8. The molecule has 0 saturated heterocycles. The van der Waals surface area contributed by atoms with Crippen molar-refractivity contribution in [2.24, 2.45) is 11.5 Å². The van der Waals surface area contributed by atoms with E-state index in [0.29, 0.717) is 19.4 Å². The molecule has 0 heterocycles. The predicted molar refractivity (Wildman–Crippen MR) is 41.1 cm³/mol. The van der Waals surface area contributed by atoms with Crippen LogP contribution >= 0.6 is 12.4 Å². The van der Waals surface area contributed by atoms with Gasteiger partial charge in [0.05, 0.1) is 0 Å². The number of carbonyl (C=O) groups is 1. The fraction of sp³-hybridized carbons (Fsp3) is 0.800. The van der Waals surface area contributed by atoms with Gasteiger partial charge in [-0.15, -0.1) is 12.4 Å². The Morgan fingerprint density at radius 2 is 2.10 bits per heavy atom. The molecule has 0 fully saturated rings. The van der Waals surface area contributed by atoms with E-state index in [1.807, 2.05) is 0 Å². The second kappa shape index (κ2) is 6.80. The number of hydrogen-bond donors (Lipinski definition) is 3. The van der Waals surface area contributed by atoms with E-state index in [0.717, 1.165) is 0 Å². The Hall–Kier alpha value is -0.320. The van der Waals surface area contributed by atoms with Crippen LogP contribution in [0.1, 0.15) is 12.8 Å². The molecular weight excluding hydrogens is 162 g/mol. The van der Waals surface area contributed by atoms with Crippen molar-refractivity contribution in [1.29, 1.82) is 0 Å². The van der Waals surface area contributed by atoms with Gasteiger partial charge in [-0.1, -0.05) is 0 Å². The molecule has 0 aliphatic carbocycles. The highest BCUT2D eigenvalue weighted by Gasteiger charge is 2.08. The van der Waals surface area contributed by atoms with E-state index in [9.17, 15) is 4.79 Å². The van der Waals surface area contributed by atoms with Crippen LogP contribution in [-0.4, -0.2) is 23.7 Å². The van der Waals surface area contributed by atoms with Crippen molar-refractivity contribution in [3.05, 3.63) is 0 Å². The third kappa shape index (κ3) is 5.81. The molecule has 0 saturated carbocycles. The lowest BCUT2D eigenvalue weighted by molar-refractivity contribution is -0.138. The Kier molecular flexibility index (Phi) is 8.40. The number of aliphatic carboxylic acids is 1. The minimum Gasteiger partial charge on any atom is -0.480 e. The van der Waals surface area contributed by atoms with E-state index in [2.05, 4.69) is 0 Å². The second-order valence-corrected chi connectivity index (χ2v) is 1.88. The SMILES string of the molecule is Cl.[15NH2][13CH2][13CH2][13CH2][13C@H]([15NH2])[13C](=O)O. The monoisotopic (exact) mass is 175 g/mol. The number of halogens is 1. The van der Waals surface area contributed by atoms with Gasteiger partial charge in [0.2, 0.25) is 0 Å². The highest BCUT2D eigenvalue weighted by Crippen LogP contribution is 1.91. The fourth-order valence-electron chi connectivity index (χ4n) is 0.461. The standard InChI is InChI=1S/C5H12N2O2.ClH/c6-3-1-2-4(7)5(8)9;/h4H,1-3,6-7H2,(H,8,9);1H/t4-;/m0./s1/i1+1,2+1,3+1,4+1,5+1,6+1,7+1;. The van der Waals surface area contributed by atoms with Crippen molar-refractivity contribution in [3.8, 4) is 0 Å². The Morgan fingerprint density at radius 3 is 2.40 bits per heavy atom. The van der Waals surface area contributed by atoms with Crippen molar-refractivity contribution in [3.63, 3.8) is 0 Å². The van der Waals surface area contributed by atoms with Gasteiger partial charge >= 0.3 is 5.97 Å². The summed E-state index contributed by atoms with van der Waals surface area (Å²) in [6.45, 7) is 0.501. The first-order chi connectivity index (χ1) is 4.18. The van der Waals surface area contributed by atoms with Gasteiger partial charge in [-0.3, -0.25) is 4.79 Å². The van der Waals surface area contributed by atoms with Crippen LogP contribution in [0.5, 0.6) is 0 Å². The van der Waals surface area contributed by atoms with Crippen molar-refractivity contribution in [2.45, 2.75) is 18.9 Å². The summed E-state index contributed by atoms with van der Waals surface area (Å²) in [5.74, 6) is -0.955. The summed E-state index contributed by atoms with van der Waals surface area (Å²) < 4.78 is 0. The third-order valence-electron chi connectivity index (χ3n) is 1.04. The summed E-state index contributed by atoms with van der Waals surface area (Å²) >= 11 is 0.